The van der Waals surface area contributed by atoms with E-state index in [1.807, 2.05) is 56.3 Å². The normalized spacial score (nSPS) is 12.6. The summed E-state index contributed by atoms with van der Waals surface area (Å²) in [6.45, 7) is 3.91. The largest absolute Gasteiger partial charge is 0.352 e. The Morgan fingerprint density at radius 3 is 2.31 bits per heavy atom. The number of carbonyl (C=O) groups is 2. The lowest BCUT2D eigenvalue weighted by molar-refractivity contribution is -0.139. The molecule has 0 bridgehead atoms. The van der Waals surface area contributed by atoms with Crippen LogP contribution in [0.4, 0.5) is 4.39 Å². The van der Waals surface area contributed by atoms with Gasteiger partial charge in [0.1, 0.15) is 11.9 Å². The summed E-state index contributed by atoms with van der Waals surface area (Å²) in [4.78, 5) is 29.4. The highest BCUT2D eigenvalue weighted by atomic mass is 35.5. The number of benzene rings is 3. The first-order valence-corrected chi connectivity index (χ1v) is 13.0. The molecule has 0 aromatic heterocycles. The lowest BCUT2D eigenvalue weighted by Gasteiger charge is -2.32. The zero-order chi connectivity index (χ0) is 25.2. The summed E-state index contributed by atoms with van der Waals surface area (Å²) >= 11 is 7.33. The number of halogens is 2. The van der Waals surface area contributed by atoms with E-state index in [9.17, 15) is 14.0 Å². The molecule has 3 rings (SSSR count). The topological polar surface area (TPSA) is 49.4 Å². The van der Waals surface area contributed by atoms with Crippen LogP contribution in [0.25, 0.3) is 0 Å². The molecular weight excluding hydrogens is 483 g/mol. The lowest BCUT2D eigenvalue weighted by Crippen LogP contribution is -2.52. The zero-order valence-electron chi connectivity index (χ0n) is 19.9. The van der Waals surface area contributed by atoms with Crippen LogP contribution >= 0.6 is 23.4 Å². The second-order valence-corrected chi connectivity index (χ2v) is 9.86. The number of amides is 2. The van der Waals surface area contributed by atoms with Crippen LogP contribution in [0.3, 0.4) is 0 Å². The summed E-state index contributed by atoms with van der Waals surface area (Å²) < 4.78 is 14.6. The summed E-state index contributed by atoms with van der Waals surface area (Å²) in [7, 11) is 0. The Labute approximate surface area is 215 Å². The molecule has 0 aliphatic heterocycles. The summed E-state index contributed by atoms with van der Waals surface area (Å²) in [5.41, 5.74) is 1.29. The van der Waals surface area contributed by atoms with E-state index in [4.69, 9.17) is 11.6 Å². The van der Waals surface area contributed by atoms with Crippen molar-refractivity contribution in [3.05, 3.63) is 101 Å². The van der Waals surface area contributed by atoms with Crippen molar-refractivity contribution < 1.29 is 14.0 Å². The van der Waals surface area contributed by atoms with Crippen molar-refractivity contribution in [2.45, 2.75) is 50.2 Å². The van der Waals surface area contributed by atoms with Crippen molar-refractivity contribution in [2.24, 2.45) is 0 Å². The Morgan fingerprint density at radius 2 is 1.66 bits per heavy atom. The van der Waals surface area contributed by atoms with E-state index in [0.29, 0.717) is 17.0 Å². The molecule has 2 atom stereocenters. The van der Waals surface area contributed by atoms with Crippen molar-refractivity contribution in [1.29, 1.82) is 0 Å². The highest BCUT2D eigenvalue weighted by molar-refractivity contribution is 8.00. The minimum absolute atomic E-state index is 0.00187. The maximum absolute atomic E-state index is 14.6. The van der Waals surface area contributed by atoms with E-state index in [2.05, 4.69) is 5.32 Å². The van der Waals surface area contributed by atoms with Gasteiger partial charge in [0, 0.05) is 34.5 Å². The minimum Gasteiger partial charge on any atom is -0.352 e. The average Bonchev–Trinajstić information content (AvgIpc) is 2.87. The predicted octanol–water partition coefficient (Wildman–Crippen LogP) is 6.13. The fraction of sp³-hybridized carbons (Fsp3) is 0.286. The Morgan fingerprint density at radius 1 is 1.00 bits per heavy atom. The molecule has 0 fully saturated rings. The van der Waals surface area contributed by atoms with E-state index < -0.39 is 11.9 Å². The molecule has 0 radical (unpaired) electrons. The molecule has 0 spiro atoms. The second-order valence-electron chi connectivity index (χ2n) is 8.38. The molecule has 2 unspecified atom stereocenters. The first kappa shape index (κ1) is 26.8. The van der Waals surface area contributed by atoms with Crippen LogP contribution in [0.1, 0.15) is 31.4 Å². The van der Waals surface area contributed by atoms with Crippen molar-refractivity contribution in [2.75, 3.05) is 5.75 Å². The summed E-state index contributed by atoms with van der Waals surface area (Å²) in [5.74, 6) is -0.785. The standard InChI is InChI=1S/C28H30ClFN2O2S/c1-3-20(2)31-28(34)26(17-21-9-5-4-6-10-21)32(18-22-11-7-8-12-25(22)30)27(33)19-35-24-15-13-23(29)14-16-24/h4-16,20,26H,3,17-19H2,1-2H3,(H,31,34). The summed E-state index contributed by atoms with van der Waals surface area (Å²) in [5, 5.41) is 3.63. The summed E-state index contributed by atoms with van der Waals surface area (Å²) in [6, 6.07) is 22.3. The van der Waals surface area contributed by atoms with E-state index in [0.717, 1.165) is 16.9 Å². The molecule has 7 heteroatoms. The van der Waals surface area contributed by atoms with E-state index in [1.54, 1.807) is 30.3 Å². The number of carbonyl (C=O) groups excluding carboxylic acids is 2. The molecule has 3 aromatic rings. The van der Waals surface area contributed by atoms with Gasteiger partial charge >= 0.3 is 0 Å². The van der Waals surface area contributed by atoms with Crippen molar-refractivity contribution in [1.82, 2.24) is 10.2 Å². The number of hydrogen-bond acceptors (Lipinski definition) is 3. The Hall–Kier alpha value is -2.83. The molecule has 3 aromatic carbocycles. The number of rotatable bonds is 11. The van der Waals surface area contributed by atoms with E-state index in [1.165, 1.54) is 22.7 Å². The van der Waals surface area contributed by atoms with Gasteiger partial charge in [0.25, 0.3) is 0 Å². The van der Waals surface area contributed by atoms with Crippen LogP contribution in [0.5, 0.6) is 0 Å². The van der Waals surface area contributed by atoms with Crippen molar-refractivity contribution >= 4 is 35.2 Å². The first-order chi connectivity index (χ1) is 16.9. The van der Waals surface area contributed by atoms with Crippen LogP contribution in [-0.2, 0) is 22.6 Å². The third-order valence-corrected chi connectivity index (χ3v) is 7.00. The first-order valence-electron chi connectivity index (χ1n) is 11.6. The van der Waals surface area contributed by atoms with Gasteiger partial charge in [0.05, 0.1) is 5.75 Å². The molecule has 0 aliphatic rings. The Kier molecular flexibility index (Phi) is 10.2. The lowest BCUT2D eigenvalue weighted by atomic mass is 10.0. The van der Waals surface area contributed by atoms with Crippen molar-refractivity contribution in [3.63, 3.8) is 0 Å². The quantitative estimate of drug-likeness (QED) is 0.314. The smallest absolute Gasteiger partial charge is 0.243 e. The average molecular weight is 513 g/mol. The van der Waals surface area contributed by atoms with Crippen LogP contribution in [0.15, 0.2) is 83.8 Å². The molecule has 0 saturated carbocycles. The SMILES string of the molecule is CCC(C)NC(=O)C(Cc1ccccc1)N(Cc1ccccc1F)C(=O)CSc1ccc(Cl)cc1. The molecule has 35 heavy (non-hydrogen) atoms. The van der Waals surface area contributed by atoms with Crippen LogP contribution in [-0.4, -0.2) is 34.6 Å². The second kappa shape index (κ2) is 13.3. The molecule has 184 valence electrons. The number of thioether (sulfide) groups is 1. The predicted molar refractivity (Wildman–Crippen MR) is 141 cm³/mol. The number of hydrogen-bond donors (Lipinski definition) is 1. The van der Waals surface area contributed by atoms with Gasteiger partial charge in [-0.3, -0.25) is 9.59 Å². The third-order valence-electron chi connectivity index (χ3n) is 5.75. The molecule has 0 saturated heterocycles. The van der Waals surface area contributed by atoms with Crippen LogP contribution < -0.4 is 5.32 Å². The fourth-order valence-electron chi connectivity index (χ4n) is 3.56. The van der Waals surface area contributed by atoms with Gasteiger partial charge in [-0.1, -0.05) is 67.1 Å². The third kappa shape index (κ3) is 8.11. The van der Waals surface area contributed by atoms with Gasteiger partial charge in [-0.2, -0.15) is 0 Å². The van der Waals surface area contributed by atoms with E-state index in [-0.39, 0.29) is 30.2 Å². The summed E-state index contributed by atoms with van der Waals surface area (Å²) in [6.07, 6.45) is 1.09. The minimum atomic E-state index is -0.788. The maximum Gasteiger partial charge on any atom is 0.243 e. The van der Waals surface area contributed by atoms with E-state index >= 15 is 0 Å². The molecule has 0 heterocycles. The molecule has 2 amide bonds. The molecule has 0 aliphatic carbocycles. The molecular formula is C28H30ClFN2O2S. The monoisotopic (exact) mass is 512 g/mol. The highest BCUT2D eigenvalue weighted by Gasteiger charge is 2.31. The zero-order valence-corrected chi connectivity index (χ0v) is 21.5. The van der Waals surface area contributed by atoms with Gasteiger partial charge < -0.3 is 10.2 Å². The maximum atomic E-state index is 14.6. The van der Waals surface area contributed by atoms with Gasteiger partial charge in [-0.15, -0.1) is 11.8 Å². The fourth-order valence-corrected chi connectivity index (χ4v) is 4.47. The number of nitrogens with zero attached hydrogens (tertiary/aromatic N) is 1. The van der Waals surface area contributed by atoms with Crippen molar-refractivity contribution in [3.8, 4) is 0 Å². The molecule has 1 N–H and O–H groups in total. The highest BCUT2D eigenvalue weighted by Crippen LogP contribution is 2.23. The molecule has 4 nitrogen and oxygen atoms in total. The van der Waals surface area contributed by atoms with Gasteiger partial charge in [-0.05, 0) is 49.2 Å². The van der Waals surface area contributed by atoms with Gasteiger partial charge in [0.15, 0.2) is 0 Å². The number of nitrogens with one attached hydrogen (secondary N) is 1. The Balaban J connectivity index is 1.91. The van der Waals surface area contributed by atoms with Gasteiger partial charge in [-0.25, -0.2) is 4.39 Å². The van der Waals surface area contributed by atoms with Gasteiger partial charge in [0.2, 0.25) is 11.8 Å². The van der Waals surface area contributed by atoms with Crippen LogP contribution in [0.2, 0.25) is 5.02 Å². The Bertz CT molecular complexity index is 1110. The van der Waals surface area contributed by atoms with Crippen LogP contribution in [0, 0.1) is 5.82 Å².